The maximum atomic E-state index is 6.19. The molecular formula is C9H13ClN2. The molecular weight excluding hydrogens is 172 g/mol. The van der Waals surface area contributed by atoms with E-state index in [9.17, 15) is 0 Å². The molecule has 12 heavy (non-hydrogen) atoms. The van der Waals surface area contributed by atoms with Crippen molar-refractivity contribution in [1.29, 1.82) is 0 Å². The summed E-state index contributed by atoms with van der Waals surface area (Å²) in [6.45, 7) is 0. The SMILES string of the molecule is Cn1ccnc1CC(Cl)C1CC1. The third kappa shape index (κ3) is 1.63. The molecule has 1 heterocycles. The number of halogens is 1. The van der Waals surface area contributed by atoms with Gasteiger partial charge in [0.25, 0.3) is 0 Å². The number of hydrogen-bond donors (Lipinski definition) is 0. The van der Waals surface area contributed by atoms with Gasteiger partial charge in [0.15, 0.2) is 0 Å². The molecule has 0 radical (unpaired) electrons. The fraction of sp³-hybridized carbons (Fsp3) is 0.667. The highest BCUT2D eigenvalue weighted by atomic mass is 35.5. The van der Waals surface area contributed by atoms with E-state index in [1.54, 1.807) is 0 Å². The molecule has 0 saturated heterocycles. The van der Waals surface area contributed by atoms with Crippen LogP contribution in [-0.2, 0) is 13.5 Å². The van der Waals surface area contributed by atoms with Gasteiger partial charge in [0.1, 0.15) is 5.82 Å². The molecule has 1 unspecified atom stereocenters. The van der Waals surface area contributed by atoms with Gasteiger partial charge in [-0.25, -0.2) is 4.98 Å². The molecule has 1 aliphatic carbocycles. The zero-order chi connectivity index (χ0) is 8.55. The van der Waals surface area contributed by atoms with Crippen LogP contribution >= 0.6 is 11.6 Å². The van der Waals surface area contributed by atoms with E-state index in [0.29, 0.717) is 5.38 Å². The van der Waals surface area contributed by atoms with Crippen molar-refractivity contribution in [3.05, 3.63) is 18.2 Å². The molecule has 0 amide bonds. The number of nitrogens with zero attached hydrogens (tertiary/aromatic N) is 2. The Morgan fingerprint density at radius 2 is 2.50 bits per heavy atom. The second-order valence-corrected chi connectivity index (χ2v) is 4.07. The fourth-order valence-corrected chi connectivity index (χ4v) is 1.78. The van der Waals surface area contributed by atoms with Gasteiger partial charge in [-0.3, -0.25) is 0 Å². The van der Waals surface area contributed by atoms with Gasteiger partial charge in [-0.1, -0.05) is 0 Å². The smallest absolute Gasteiger partial charge is 0.109 e. The Labute approximate surface area is 77.6 Å². The lowest BCUT2D eigenvalue weighted by atomic mass is 10.2. The Hall–Kier alpha value is -0.500. The number of rotatable bonds is 3. The molecule has 0 aliphatic heterocycles. The number of alkyl halides is 1. The summed E-state index contributed by atoms with van der Waals surface area (Å²) < 4.78 is 2.04. The molecule has 1 aromatic rings. The van der Waals surface area contributed by atoms with E-state index in [1.165, 1.54) is 12.8 Å². The van der Waals surface area contributed by atoms with Crippen LogP contribution in [0.15, 0.2) is 12.4 Å². The van der Waals surface area contributed by atoms with Gasteiger partial charge in [0, 0.05) is 31.2 Å². The predicted molar refractivity (Wildman–Crippen MR) is 49.3 cm³/mol. The lowest BCUT2D eigenvalue weighted by Crippen LogP contribution is -2.09. The van der Waals surface area contributed by atoms with Crippen molar-refractivity contribution in [3.8, 4) is 0 Å². The molecule has 66 valence electrons. The normalized spacial score (nSPS) is 19.5. The monoisotopic (exact) mass is 184 g/mol. The van der Waals surface area contributed by atoms with Crippen LogP contribution in [0.4, 0.5) is 0 Å². The van der Waals surface area contributed by atoms with Crippen LogP contribution in [0.5, 0.6) is 0 Å². The average molecular weight is 185 g/mol. The summed E-state index contributed by atoms with van der Waals surface area (Å²) in [6, 6.07) is 0. The summed E-state index contributed by atoms with van der Waals surface area (Å²) in [4.78, 5) is 4.24. The minimum absolute atomic E-state index is 0.297. The van der Waals surface area contributed by atoms with E-state index in [2.05, 4.69) is 4.98 Å². The van der Waals surface area contributed by atoms with Gasteiger partial charge in [-0.2, -0.15) is 0 Å². The Morgan fingerprint density at radius 1 is 1.75 bits per heavy atom. The van der Waals surface area contributed by atoms with E-state index >= 15 is 0 Å². The number of imidazole rings is 1. The van der Waals surface area contributed by atoms with Crippen LogP contribution in [-0.4, -0.2) is 14.9 Å². The van der Waals surface area contributed by atoms with Crippen LogP contribution in [0.1, 0.15) is 18.7 Å². The quantitative estimate of drug-likeness (QED) is 0.657. The van der Waals surface area contributed by atoms with E-state index in [-0.39, 0.29) is 0 Å². The first-order valence-electron chi connectivity index (χ1n) is 4.37. The lowest BCUT2D eigenvalue weighted by Gasteiger charge is -2.06. The molecule has 1 aliphatic rings. The second-order valence-electron chi connectivity index (χ2n) is 3.51. The molecule has 3 heteroatoms. The highest BCUT2D eigenvalue weighted by Gasteiger charge is 2.30. The van der Waals surface area contributed by atoms with Crippen LogP contribution < -0.4 is 0 Å². The number of aromatic nitrogens is 2. The minimum Gasteiger partial charge on any atom is -0.338 e. The van der Waals surface area contributed by atoms with Crippen molar-refractivity contribution in [1.82, 2.24) is 9.55 Å². The highest BCUT2D eigenvalue weighted by Crippen LogP contribution is 2.36. The molecule has 0 N–H and O–H groups in total. The van der Waals surface area contributed by atoms with Crippen LogP contribution in [0.2, 0.25) is 0 Å². The first kappa shape index (κ1) is 8.11. The summed E-state index contributed by atoms with van der Waals surface area (Å²) in [5.41, 5.74) is 0. The summed E-state index contributed by atoms with van der Waals surface area (Å²) in [5, 5.41) is 0.297. The molecule has 0 bridgehead atoms. The van der Waals surface area contributed by atoms with Crippen molar-refractivity contribution in [3.63, 3.8) is 0 Å². The van der Waals surface area contributed by atoms with Gasteiger partial charge in [0.2, 0.25) is 0 Å². The van der Waals surface area contributed by atoms with E-state index in [1.807, 2.05) is 24.0 Å². The Morgan fingerprint density at radius 3 is 3.00 bits per heavy atom. The first-order valence-corrected chi connectivity index (χ1v) is 4.81. The summed E-state index contributed by atoms with van der Waals surface area (Å²) in [7, 11) is 2.01. The minimum atomic E-state index is 0.297. The zero-order valence-corrected chi connectivity index (χ0v) is 7.96. The van der Waals surface area contributed by atoms with Gasteiger partial charge in [-0.05, 0) is 18.8 Å². The zero-order valence-electron chi connectivity index (χ0n) is 7.20. The maximum Gasteiger partial charge on any atom is 0.109 e. The second kappa shape index (κ2) is 3.09. The average Bonchev–Trinajstić information content (AvgIpc) is 2.80. The Balaban J connectivity index is 1.97. The summed E-state index contributed by atoms with van der Waals surface area (Å²) in [6.07, 6.45) is 7.31. The van der Waals surface area contributed by atoms with Crippen LogP contribution in [0, 0.1) is 5.92 Å². The van der Waals surface area contributed by atoms with Gasteiger partial charge in [-0.15, -0.1) is 11.6 Å². The lowest BCUT2D eigenvalue weighted by molar-refractivity contribution is 0.680. The Kier molecular flexibility index (Phi) is 2.09. The van der Waals surface area contributed by atoms with Crippen molar-refractivity contribution < 1.29 is 0 Å². The standard InChI is InChI=1S/C9H13ClN2/c1-12-5-4-11-9(12)6-8(10)7-2-3-7/h4-5,7-8H,2-3,6H2,1H3. The fourth-order valence-electron chi connectivity index (χ4n) is 1.39. The van der Waals surface area contributed by atoms with E-state index < -0.39 is 0 Å². The van der Waals surface area contributed by atoms with Crippen molar-refractivity contribution in [2.75, 3.05) is 0 Å². The van der Waals surface area contributed by atoms with Crippen LogP contribution in [0.3, 0.4) is 0 Å². The number of hydrogen-bond acceptors (Lipinski definition) is 1. The van der Waals surface area contributed by atoms with Crippen molar-refractivity contribution in [2.24, 2.45) is 13.0 Å². The summed E-state index contributed by atoms with van der Waals surface area (Å²) in [5.74, 6) is 1.85. The molecule has 1 aromatic heterocycles. The third-order valence-corrected chi connectivity index (χ3v) is 2.94. The molecule has 1 fully saturated rings. The van der Waals surface area contributed by atoms with Gasteiger partial charge in [0.05, 0.1) is 0 Å². The molecule has 1 saturated carbocycles. The summed E-state index contributed by atoms with van der Waals surface area (Å²) >= 11 is 6.19. The van der Waals surface area contributed by atoms with Crippen molar-refractivity contribution in [2.45, 2.75) is 24.6 Å². The van der Waals surface area contributed by atoms with Crippen LogP contribution in [0.25, 0.3) is 0 Å². The largest absolute Gasteiger partial charge is 0.338 e. The molecule has 2 rings (SSSR count). The van der Waals surface area contributed by atoms with Gasteiger partial charge < -0.3 is 4.57 Å². The first-order chi connectivity index (χ1) is 5.77. The van der Waals surface area contributed by atoms with E-state index in [0.717, 1.165) is 18.2 Å². The maximum absolute atomic E-state index is 6.19. The van der Waals surface area contributed by atoms with Gasteiger partial charge >= 0.3 is 0 Å². The van der Waals surface area contributed by atoms with E-state index in [4.69, 9.17) is 11.6 Å². The predicted octanol–water partition coefficient (Wildman–Crippen LogP) is 1.98. The molecule has 2 nitrogen and oxygen atoms in total. The molecule has 0 spiro atoms. The molecule has 0 aromatic carbocycles. The number of aryl methyl sites for hydroxylation is 1. The Bertz CT molecular complexity index is 265. The molecule has 1 atom stereocenters. The van der Waals surface area contributed by atoms with Crippen molar-refractivity contribution >= 4 is 11.6 Å². The topological polar surface area (TPSA) is 17.8 Å². The third-order valence-electron chi connectivity index (χ3n) is 2.43. The highest BCUT2D eigenvalue weighted by molar-refractivity contribution is 6.21.